The van der Waals surface area contributed by atoms with Gasteiger partial charge >= 0.3 is 11.9 Å². The third-order valence-corrected chi connectivity index (χ3v) is 18.1. The Morgan fingerprint density at radius 2 is 0.509 bits per heavy atom. The van der Waals surface area contributed by atoms with E-state index in [1.807, 2.05) is 21.1 Å². The van der Waals surface area contributed by atoms with Gasteiger partial charge in [0.25, 0.3) is 7.82 Å². The lowest BCUT2D eigenvalue weighted by atomic mass is 10.0. The Hall–Kier alpha value is -5.93. The van der Waals surface area contributed by atoms with Crippen LogP contribution in [0.1, 0.15) is 309 Å². The highest BCUT2D eigenvalue weighted by atomic mass is 31.2. The van der Waals surface area contributed by atoms with Crippen LogP contribution in [-0.4, -0.2) is 70.0 Å². The number of carbonyl (C=O) groups is 2. The number of carbonyl (C=O) groups excluding carboxylic acids is 2. The van der Waals surface area contributed by atoms with Gasteiger partial charge < -0.3 is 27.9 Å². The predicted molar refractivity (Wildman–Crippen MR) is 461 cm³/mol. The molecule has 0 rings (SSSR count). The number of esters is 2. The summed E-state index contributed by atoms with van der Waals surface area (Å²) in [5.74, 6) is -0.869. The second-order valence-corrected chi connectivity index (χ2v) is 29.8. The van der Waals surface area contributed by atoms with Gasteiger partial charge in [0.2, 0.25) is 0 Å². The van der Waals surface area contributed by atoms with E-state index in [-0.39, 0.29) is 26.1 Å². The molecule has 0 fully saturated rings. The maximum absolute atomic E-state index is 12.9. The molecule has 0 bridgehead atoms. The monoisotopic (exact) mass is 1480 g/mol. The zero-order valence-electron chi connectivity index (χ0n) is 68.0. The number of nitrogens with zero attached hydrogens (tertiary/aromatic N) is 1. The van der Waals surface area contributed by atoms with E-state index in [0.717, 1.165) is 167 Å². The van der Waals surface area contributed by atoms with Crippen molar-refractivity contribution in [2.45, 2.75) is 315 Å². The van der Waals surface area contributed by atoms with Gasteiger partial charge in [-0.05, 0) is 161 Å². The molecule has 0 heterocycles. The van der Waals surface area contributed by atoms with Gasteiger partial charge in [-0.25, -0.2) is 0 Å². The molecule has 0 aliphatic rings. The van der Waals surface area contributed by atoms with Gasteiger partial charge in [0, 0.05) is 12.8 Å². The molecule has 2 unspecified atom stereocenters. The fourth-order valence-electron chi connectivity index (χ4n) is 10.9. The molecule has 106 heavy (non-hydrogen) atoms. The summed E-state index contributed by atoms with van der Waals surface area (Å²) in [6, 6.07) is 0. The van der Waals surface area contributed by atoms with Crippen LogP contribution < -0.4 is 4.89 Å². The highest BCUT2D eigenvalue weighted by Crippen LogP contribution is 2.38. The van der Waals surface area contributed by atoms with Crippen molar-refractivity contribution < 1.29 is 42.1 Å². The molecule has 0 saturated carbocycles. The van der Waals surface area contributed by atoms with E-state index in [1.54, 1.807) is 0 Å². The number of unbranched alkanes of at least 4 members (excludes halogenated alkanes) is 23. The Balaban J connectivity index is 4.08. The molecule has 0 aliphatic heterocycles. The average molecular weight is 1480 g/mol. The summed E-state index contributed by atoms with van der Waals surface area (Å²) in [5, 5.41) is 0. The van der Waals surface area contributed by atoms with Gasteiger partial charge in [-0.15, -0.1) is 0 Å². The Morgan fingerprint density at radius 1 is 0.292 bits per heavy atom. The molecule has 9 nitrogen and oxygen atoms in total. The van der Waals surface area contributed by atoms with Gasteiger partial charge in [-0.2, -0.15) is 0 Å². The first-order valence-electron chi connectivity index (χ1n) is 42.1. The number of hydrogen-bond acceptors (Lipinski definition) is 8. The smallest absolute Gasteiger partial charge is 0.306 e. The first-order chi connectivity index (χ1) is 52.0. The van der Waals surface area contributed by atoms with Crippen molar-refractivity contribution in [1.82, 2.24) is 0 Å². The van der Waals surface area contributed by atoms with Crippen molar-refractivity contribution in [1.29, 1.82) is 0 Å². The number of ether oxygens (including phenoxy) is 2. The highest BCUT2D eigenvalue weighted by Gasteiger charge is 2.22. The molecule has 0 amide bonds. The zero-order chi connectivity index (χ0) is 76.8. The molecule has 0 radical (unpaired) electrons. The van der Waals surface area contributed by atoms with E-state index < -0.39 is 32.5 Å². The molecule has 0 aromatic rings. The first-order valence-corrected chi connectivity index (χ1v) is 43.6. The van der Waals surface area contributed by atoms with Crippen LogP contribution in [0, 0.1) is 0 Å². The summed E-state index contributed by atoms with van der Waals surface area (Å²) < 4.78 is 34.4. The second-order valence-electron chi connectivity index (χ2n) is 28.4. The van der Waals surface area contributed by atoms with Crippen molar-refractivity contribution in [3.63, 3.8) is 0 Å². The van der Waals surface area contributed by atoms with Crippen molar-refractivity contribution in [2.75, 3.05) is 47.5 Å². The number of rotatable bonds is 75. The van der Waals surface area contributed by atoms with Crippen LogP contribution >= 0.6 is 7.82 Å². The Bertz CT molecular complexity index is 2650. The number of quaternary nitrogens is 1. The SMILES string of the molecule is CC/C=C\C/C=C\C/C=C\C/C=C\C/C=C\C/C=C\C/C=C\C/C=C\C/C=C\C/C=C\C/C=C\C/C=C\CCCCCCC(=O)OC(COC(=O)CCCCCCCCCCCCCCCCCCCCC/C=C\C/C=C\C/C=C\C/C=C\C/C=C\C/C=C\C/C=C\CC)COP(=O)([O-])OCC[N+](C)(C)C. The lowest BCUT2D eigenvalue weighted by Crippen LogP contribution is -2.37. The molecule has 0 aromatic heterocycles. The van der Waals surface area contributed by atoms with Crippen LogP contribution in [0.5, 0.6) is 0 Å². The minimum absolute atomic E-state index is 0.0461. The maximum atomic E-state index is 12.9. The van der Waals surface area contributed by atoms with Crippen LogP contribution in [-0.2, 0) is 32.7 Å². The zero-order valence-corrected chi connectivity index (χ0v) is 68.9. The molecular formula is C96H154NO8P. The normalized spacial score (nSPS) is 14.2. The van der Waals surface area contributed by atoms with Crippen molar-refractivity contribution in [2.24, 2.45) is 0 Å². The van der Waals surface area contributed by atoms with E-state index in [2.05, 4.69) is 245 Å². The summed E-state index contributed by atoms with van der Waals surface area (Å²) >= 11 is 0. The molecule has 0 spiro atoms. The van der Waals surface area contributed by atoms with E-state index in [1.165, 1.54) is 109 Å². The van der Waals surface area contributed by atoms with Crippen molar-refractivity contribution >= 4 is 19.8 Å². The lowest BCUT2D eigenvalue weighted by molar-refractivity contribution is -0.870. The number of allylic oxidation sites excluding steroid dienone is 38. The van der Waals surface area contributed by atoms with E-state index >= 15 is 0 Å². The van der Waals surface area contributed by atoms with Gasteiger partial charge in [-0.3, -0.25) is 14.2 Å². The van der Waals surface area contributed by atoms with E-state index in [4.69, 9.17) is 18.5 Å². The third-order valence-electron chi connectivity index (χ3n) is 17.2. The summed E-state index contributed by atoms with van der Waals surface area (Å²) in [7, 11) is 1.13. The standard InChI is InChI=1S/C96H154NO8P/c1-6-8-10-12-14-16-18-20-22-24-26-28-30-32-34-36-38-40-42-44-46-48-50-52-54-56-58-60-62-64-66-68-70-72-74-76-78-80-82-84-86-88-95(98)102-92-94(93-104-106(100,101)103-91-90-97(3,4)5)105-96(99)89-87-85-83-81-79-77-75-73-71-69-67-65-63-61-59-57-55-53-51-49-47-45-43-41-39-37-35-33-31-29-27-25-23-21-19-17-15-13-11-9-7-2/h8-11,14-17,20-23,26-29,32-35,38-41,44-47,51,53,57,59,63,65,69,71,75,77,94H,6-7,12-13,18-19,24-25,30-31,36-37,42-43,48-50,52,54-56,58,60-62,64,66-68,70,72-74,76,78-93H2,1-5H3/b10-8-,11-9-,16-14-,17-15-,22-20-,23-21-,28-26-,29-27-,34-32-,35-33-,40-38-,41-39-,46-44-,47-45-,53-51-,59-57-,65-63-,71-69-,77-75-. The van der Waals surface area contributed by atoms with Crippen LogP contribution in [0.4, 0.5) is 0 Å². The molecule has 0 saturated heterocycles. The minimum Gasteiger partial charge on any atom is -0.756 e. The van der Waals surface area contributed by atoms with Crippen molar-refractivity contribution in [3.05, 3.63) is 231 Å². The summed E-state index contributed by atoms with van der Waals surface area (Å²) in [6.45, 7) is 3.97. The Kier molecular flexibility index (Phi) is 78.5. The van der Waals surface area contributed by atoms with Crippen LogP contribution in [0.25, 0.3) is 0 Å². The summed E-state index contributed by atoms with van der Waals surface area (Å²) in [5.41, 5.74) is 0. The Morgan fingerprint density at radius 3 is 0.755 bits per heavy atom. The second kappa shape index (κ2) is 83.1. The number of phosphoric acid groups is 1. The number of hydrogen-bond donors (Lipinski definition) is 0. The quantitative estimate of drug-likeness (QED) is 0.0195. The fraction of sp³-hybridized carbons (Fsp3) is 0.583. The molecular weight excluding hydrogens is 1330 g/mol. The molecule has 10 heteroatoms. The number of likely N-dealkylation sites (N-methyl/N-ethyl adjacent to an activating group) is 1. The van der Waals surface area contributed by atoms with Crippen LogP contribution in [0.3, 0.4) is 0 Å². The summed E-state index contributed by atoms with van der Waals surface area (Å²) in [4.78, 5) is 38.2. The van der Waals surface area contributed by atoms with Gasteiger partial charge in [-0.1, -0.05) is 367 Å². The van der Waals surface area contributed by atoms with E-state index in [0.29, 0.717) is 17.4 Å². The largest absolute Gasteiger partial charge is 0.756 e. The fourth-order valence-corrected chi connectivity index (χ4v) is 11.6. The number of phosphoric ester groups is 1. The third kappa shape index (κ3) is 87.0. The first kappa shape index (κ1) is 100. The molecule has 0 N–H and O–H groups in total. The van der Waals surface area contributed by atoms with Gasteiger partial charge in [0.1, 0.15) is 19.8 Å². The molecule has 596 valence electrons. The molecule has 0 aliphatic carbocycles. The molecule has 2 atom stereocenters. The van der Waals surface area contributed by atoms with Gasteiger partial charge in [0.05, 0.1) is 27.7 Å². The highest BCUT2D eigenvalue weighted by molar-refractivity contribution is 7.45. The predicted octanol–water partition coefficient (Wildman–Crippen LogP) is 28.2. The maximum Gasteiger partial charge on any atom is 0.306 e. The minimum atomic E-state index is -4.67. The van der Waals surface area contributed by atoms with Crippen molar-refractivity contribution in [3.8, 4) is 0 Å². The Labute approximate surface area is 651 Å². The summed E-state index contributed by atoms with van der Waals surface area (Å²) in [6.07, 6.45) is 133. The average Bonchev–Trinajstić information content (AvgIpc) is 0.908. The van der Waals surface area contributed by atoms with E-state index in [9.17, 15) is 19.0 Å². The van der Waals surface area contributed by atoms with Gasteiger partial charge in [0.15, 0.2) is 6.10 Å². The topological polar surface area (TPSA) is 111 Å². The lowest BCUT2D eigenvalue weighted by Gasteiger charge is -2.28. The molecule has 0 aromatic carbocycles. The van der Waals surface area contributed by atoms with Crippen LogP contribution in [0.2, 0.25) is 0 Å². The van der Waals surface area contributed by atoms with Crippen LogP contribution in [0.15, 0.2) is 231 Å².